The Kier molecular flexibility index (Phi) is 3.96. The maximum absolute atomic E-state index is 11.6. The minimum absolute atomic E-state index is 0.0385. The van der Waals surface area contributed by atoms with Crippen LogP contribution in [0.3, 0.4) is 0 Å². The van der Waals surface area contributed by atoms with Crippen molar-refractivity contribution in [2.45, 2.75) is 58.0 Å². The van der Waals surface area contributed by atoms with Crippen LogP contribution in [-0.4, -0.2) is 6.16 Å². The monoisotopic (exact) mass is 314 g/mol. The van der Waals surface area contributed by atoms with Gasteiger partial charge in [-0.2, -0.15) is 0 Å². The number of carbonyl (C=O) groups is 1. The SMILES string of the molecule is C=CC1(c2cc(C(C)(C)C)cc(C(C)(C)C)c2)OC(=O)OC1=C. The van der Waals surface area contributed by atoms with Crippen LogP contribution in [0, 0.1) is 0 Å². The Labute approximate surface area is 139 Å². The van der Waals surface area contributed by atoms with Crippen molar-refractivity contribution in [1.82, 2.24) is 0 Å². The Morgan fingerprint density at radius 3 is 1.78 bits per heavy atom. The van der Waals surface area contributed by atoms with Gasteiger partial charge in [-0.15, -0.1) is 0 Å². The summed E-state index contributed by atoms with van der Waals surface area (Å²) >= 11 is 0. The van der Waals surface area contributed by atoms with E-state index in [0.29, 0.717) is 0 Å². The summed E-state index contributed by atoms with van der Waals surface area (Å²) in [4.78, 5) is 11.6. The number of hydrogen-bond acceptors (Lipinski definition) is 3. The highest BCUT2D eigenvalue weighted by atomic mass is 16.8. The van der Waals surface area contributed by atoms with Gasteiger partial charge in [0.1, 0.15) is 0 Å². The fourth-order valence-corrected chi connectivity index (χ4v) is 2.59. The molecule has 0 saturated carbocycles. The van der Waals surface area contributed by atoms with Gasteiger partial charge in [-0.25, -0.2) is 4.79 Å². The molecule has 0 spiro atoms. The third kappa shape index (κ3) is 3.05. The van der Waals surface area contributed by atoms with Crippen molar-refractivity contribution >= 4 is 6.16 Å². The molecule has 0 amide bonds. The second kappa shape index (κ2) is 5.26. The highest BCUT2D eigenvalue weighted by Gasteiger charge is 2.46. The minimum Gasteiger partial charge on any atom is -0.410 e. The average molecular weight is 314 g/mol. The molecule has 3 heteroatoms. The van der Waals surface area contributed by atoms with Gasteiger partial charge in [-0.05, 0) is 28.0 Å². The molecule has 1 unspecified atom stereocenters. The van der Waals surface area contributed by atoms with Crippen LogP contribution >= 0.6 is 0 Å². The molecule has 3 nitrogen and oxygen atoms in total. The van der Waals surface area contributed by atoms with Gasteiger partial charge in [-0.3, -0.25) is 0 Å². The zero-order valence-electron chi connectivity index (χ0n) is 14.9. The number of cyclic esters (lactones) is 2. The summed E-state index contributed by atoms with van der Waals surface area (Å²) in [5.41, 5.74) is 1.94. The van der Waals surface area contributed by atoms with Crippen molar-refractivity contribution < 1.29 is 14.3 Å². The molecule has 1 heterocycles. The Hall–Kier alpha value is -2.03. The van der Waals surface area contributed by atoms with Crippen LogP contribution in [-0.2, 0) is 25.9 Å². The van der Waals surface area contributed by atoms with Crippen LogP contribution in [0.15, 0.2) is 43.2 Å². The number of ether oxygens (including phenoxy) is 2. The molecule has 2 rings (SSSR count). The molecule has 124 valence electrons. The Bertz CT molecular complexity index is 639. The fraction of sp³-hybridized carbons (Fsp3) is 0.450. The molecule has 23 heavy (non-hydrogen) atoms. The number of hydrogen-bond donors (Lipinski definition) is 0. The molecule has 0 radical (unpaired) electrons. The normalized spacial score (nSPS) is 21.8. The predicted molar refractivity (Wildman–Crippen MR) is 92.4 cm³/mol. The standard InChI is InChI=1S/C20H26O3/c1-9-20(13(2)22-17(21)23-20)16-11-14(18(3,4)5)10-15(12-16)19(6,7)8/h9-12H,1-2H2,3-8H3. The van der Waals surface area contributed by atoms with Gasteiger partial charge in [0, 0.05) is 5.56 Å². The maximum Gasteiger partial charge on any atom is 0.515 e. The van der Waals surface area contributed by atoms with Crippen molar-refractivity contribution in [2.75, 3.05) is 0 Å². The lowest BCUT2D eigenvalue weighted by Crippen LogP contribution is -2.27. The molecular formula is C20H26O3. The first-order valence-corrected chi connectivity index (χ1v) is 7.80. The second-order valence-electron chi connectivity index (χ2n) is 8.12. The molecular weight excluding hydrogens is 288 g/mol. The summed E-state index contributed by atoms with van der Waals surface area (Å²) in [5.74, 6) is 0.253. The van der Waals surface area contributed by atoms with E-state index in [0.717, 1.165) is 16.7 Å². The lowest BCUT2D eigenvalue weighted by atomic mass is 9.77. The summed E-state index contributed by atoms with van der Waals surface area (Å²) < 4.78 is 10.5. The first-order valence-electron chi connectivity index (χ1n) is 7.80. The zero-order chi connectivity index (χ0) is 17.6. The summed E-state index contributed by atoms with van der Waals surface area (Å²) in [6.45, 7) is 20.6. The first-order chi connectivity index (χ1) is 10.4. The minimum atomic E-state index is -1.13. The van der Waals surface area contributed by atoms with Crippen molar-refractivity contribution in [2.24, 2.45) is 0 Å². The summed E-state index contributed by atoms with van der Waals surface area (Å²) in [5, 5.41) is 0. The second-order valence-corrected chi connectivity index (χ2v) is 8.12. The van der Waals surface area contributed by atoms with E-state index in [-0.39, 0.29) is 16.6 Å². The Morgan fingerprint density at radius 2 is 1.48 bits per heavy atom. The molecule has 0 aromatic heterocycles. The van der Waals surface area contributed by atoms with E-state index in [2.05, 4.69) is 60.8 Å². The summed E-state index contributed by atoms with van der Waals surface area (Å²) in [6.07, 6.45) is 0.836. The fourth-order valence-electron chi connectivity index (χ4n) is 2.59. The van der Waals surface area contributed by atoms with Crippen LogP contribution < -0.4 is 0 Å². The number of rotatable bonds is 2. The molecule has 0 bridgehead atoms. The molecule has 1 aliphatic rings. The van der Waals surface area contributed by atoms with E-state index in [1.807, 2.05) is 12.1 Å². The van der Waals surface area contributed by atoms with Crippen molar-refractivity contribution in [3.05, 3.63) is 59.9 Å². The van der Waals surface area contributed by atoms with Crippen LogP contribution in [0.4, 0.5) is 4.79 Å². The Morgan fingerprint density at radius 1 is 1.00 bits per heavy atom. The van der Waals surface area contributed by atoms with Gasteiger partial charge in [0.05, 0.1) is 0 Å². The van der Waals surface area contributed by atoms with E-state index >= 15 is 0 Å². The molecule has 1 aliphatic heterocycles. The van der Waals surface area contributed by atoms with Gasteiger partial charge in [0.15, 0.2) is 5.76 Å². The predicted octanol–water partition coefficient (Wildman–Crippen LogP) is 5.34. The quantitative estimate of drug-likeness (QED) is 0.546. The molecule has 1 aromatic carbocycles. The largest absolute Gasteiger partial charge is 0.515 e. The van der Waals surface area contributed by atoms with E-state index in [4.69, 9.17) is 9.47 Å². The van der Waals surface area contributed by atoms with Crippen LogP contribution in [0.25, 0.3) is 0 Å². The van der Waals surface area contributed by atoms with Crippen molar-refractivity contribution in [3.63, 3.8) is 0 Å². The molecule has 0 N–H and O–H groups in total. The molecule has 1 fully saturated rings. The highest BCUT2D eigenvalue weighted by molar-refractivity contribution is 5.68. The van der Waals surface area contributed by atoms with Gasteiger partial charge < -0.3 is 9.47 Å². The molecule has 1 atom stereocenters. The van der Waals surface area contributed by atoms with Gasteiger partial charge in [-0.1, -0.05) is 72.9 Å². The van der Waals surface area contributed by atoms with E-state index in [1.165, 1.54) is 0 Å². The lowest BCUT2D eigenvalue weighted by Gasteiger charge is -2.30. The Balaban J connectivity index is 2.73. The van der Waals surface area contributed by atoms with E-state index < -0.39 is 11.8 Å². The number of benzene rings is 1. The smallest absolute Gasteiger partial charge is 0.410 e. The van der Waals surface area contributed by atoms with Gasteiger partial charge in [0.2, 0.25) is 5.60 Å². The number of carbonyl (C=O) groups excluding carboxylic acids is 1. The van der Waals surface area contributed by atoms with Gasteiger partial charge in [0.25, 0.3) is 0 Å². The molecule has 1 aromatic rings. The molecule has 0 aliphatic carbocycles. The van der Waals surface area contributed by atoms with Gasteiger partial charge >= 0.3 is 6.16 Å². The van der Waals surface area contributed by atoms with Crippen LogP contribution in [0.2, 0.25) is 0 Å². The van der Waals surface area contributed by atoms with Crippen molar-refractivity contribution in [1.29, 1.82) is 0 Å². The summed E-state index contributed by atoms with van der Waals surface area (Å²) in [7, 11) is 0. The van der Waals surface area contributed by atoms with Crippen molar-refractivity contribution in [3.8, 4) is 0 Å². The zero-order valence-corrected chi connectivity index (χ0v) is 14.9. The average Bonchev–Trinajstić information content (AvgIpc) is 2.71. The van der Waals surface area contributed by atoms with Crippen LogP contribution in [0.1, 0.15) is 58.2 Å². The summed E-state index contributed by atoms with van der Waals surface area (Å²) in [6, 6.07) is 6.30. The van der Waals surface area contributed by atoms with E-state index in [9.17, 15) is 4.79 Å². The third-order valence-electron chi connectivity index (χ3n) is 4.25. The van der Waals surface area contributed by atoms with E-state index in [1.54, 1.807) is 6.08 Å². The lowest BCUT2D eigenvalue weighted by molar-refractivity contribution is 0.0911. The first kappa shape index (κ1) is 17.3. The molecule has 1 saturated heterocycles. The maximum atomic E-state index is 11.6. The topological polar surface area (TPSA) is 35.5 Å². The van der Waals surface area contributed by atoms with Crippen LogP contribution in [0.5, 0.6) is 0 Å². The highest BCUT2D eigenvalue weighted by Crippen LogP contribution is 2.43. The third-order valence-corrected chi connectivity index (χ3v) is 4.25.